The summed E-state index contributed by atoms with van der Waals surface area (Å²) in [6.45, 7) is 2.54. The standard InChI is InChI=1S/C16H17ClN2OS/c1-12(11-20-15-8-3-2-4-9-15)18-16(21)19-14-7-5-6-13(17)10-14/h2-10,12H,11H2,1H3,(H2,18,19,21). The summed E-state index contributed by atoms with van der Waals surface area (Å²) < 4.78 is 5.67. The number of halogens is 1. The molecular weight excluding hydrogens is 304 g/mol. The van der Waals surface area contributed by atoms with E-state index in [1.807, 2.05) is 61.5 Å². The fourth-order valence-electron chi connectivity index (χ4n) is 1.74. The molecule has 2 N–H and O–H groups in total. The largest absolute Gasteiger partial charge is 0.491 e. The Balaban J connectivity index is 1.77. The van der Waals surface area contributed by atoms with E-state index in [2.05, 4.69) is 10.6 Å². The van der Waals surface area contributed by atoms with Gasteiger partial charge in [0, 0.05) is 10.7 Å². The van der Waals surface area contributed by atoms with Crippen LogP contribution in [0.4, 0.5) is 5.69 Å². The van der Waals surface area contributed by atoms with Crippen molar-refractivity contribution < 1.29 is 4.74 Å². The molecule has 0 radical (unpaired) electrons. The van der Waals surface area contributed by atoms with E-state index in [0.29, 0.717) is 16.7 Å². The van der Waals surface area contributed by atoms with E-state index in [1.165, 1.54) is 0 Å². The first-order chi connectivity index (χ1) is 10.1. The van der Waals surface area contributed by atoms with Gasteiger partial charge in [0.15, 0.2) is 5.11 Å². The smallest absolute Gasteiger partial charge is 0.171 e. The van der Waals surface area contributed by atoms with Crippen LogP contribution in [0.25, 0.3) is 0 Å². The second-order valence-electron chi connectivity index (χ2n) is 4.63. The highest BCUT2D eigenvalue weighted by molar-refractivity contribution is 7.80. The molecule has 0 fully saturated rings. The lowest BCUT2D eigenvalue weighted by molar-refractivity contribution is 0.287. The highest BCUT2D eigenvalue weighted by Crippen LogP contribution is 2.14. The predicted molar refractivity (Wildman–Crippen MR) is 92.2 cm³/mol. The molecule has 2 rings (SSSR count). The number of anilines is 1. The van der Waals surface area contributed by atoms with Crippen LogP contribution in [0.2, 0.25) is 5.02 Å². The van der Waals surface area contributed by atoms with E-state index in [0.717, 1.165) is 11.4 Å². The Kier molecular flexibility index (Phi) is 5.84. The van der Waals surface area contributed by atoms with Crippen molar-refractivity contribution >= 4 is 34.6 Å². The highest BCUT2D eigenvalue weighted by atomic mass is 35.5. The molecule has 0 aliphatic carbocycles. The number of rotatable bonds is 5. The number of benzene rings is 2. The quantitative estimate of drug-likeness (QED) is 0.813. The Bertz CT molecular complexity index is 592. The summed E-state index contributed by atoms with van der Waals surface area (Å²) in [6.07, 6.45) is 0. The van der Waals surface area contributed by atoms with Crippen LogP contribution in [0.5, 0.6) is 5.75 Å². The minimum absolute atomic E-state index is 0.0874. The molecule has 3 nitrogen and oxygen atoms in total. The van der Waals surface area contributed by atoms with Crippen LogP contribution >= 0.6 is 23.8 Å². The number of nitrogens with one attached hydrogen (secondary N) is 2. The van der Waals surface area contributed by atoms with E-state index in [1.54, 1.807) is 0 Å². The molecule has 21 heavy (non-hydrogen) atoms. The topological polar surface area (TPSA) is 33.3 Å². The number of hydrogen-bond acceptors (Lipinski definition) is 2. The number of hydrogen-bond donors (Lipinski definition) is 2. The van der Waals surface area contributed by atoms with Gasteiger partial charge in [0.25, 0.3) is 0 Å². The second kappa shape index (κ2) is 7.86. The molecule has 2 aromatic rings. The van der Waals surface area contributed by atoms with Crippen molar-refractivity contribution in [3.63, 3.8) is 0 Å². The van der Waals surface area contributed by atoms with Gasteiger partial charge < -0.3 is 15.4 Å². The molecule has 0 bridgehead atoms. The summed E-state index contributed by atoms with van der Waals surface area (Å²) in [5, 5.41) is 7.48. The summed E-state index contributed by atoms with van der Waals surface area (Å²) in [5.74, 6) is 0.847. The molecule has 110 valence electrons. The maximum atomic E-state index is 5.93. The molecule has 5 heteroatoms. The van der Waals surface area contributed by atoms with Gasteiger partial charge in [-0.2, -0.15) is 0 Å². The van der Waals surface area contributed by atoms with Gasteiger partial charge in [0.1, 0.15) is 12.4 Å². The van der Waals surface area contributed by atoms with Gasteiger partial charge in [0.05, 0.1) is 6.04 Å². The molecule has 0 aliphatic heterocycles. The summed E-state index contributed by atoms with van der Waals surface area (Å²) in [4.78, 5) is 0. The van der Waals surface area contributed by atoms with Gasteiger partial charge in [-0.15, -0.1) is 0 Å². The molecule has 1 unspecified atom stereocenters. The molecule has 0 spiro atoms. The van der Waals surface area contributed by atoms with Gasteiger partial charge in [-0.3, -0.25) is 0 Å². The second-order valence-corrected chi connectivity index (χ2v) is 5.48. The van der Waals surface area contributed by atoms with E-state index < -0.39 is 0 Å². The number of thiocarbonyl (C=S) groups is 1. The third-order valence-electron chi connectivity index (χ3n) is 2.70. The molecule has 1 atom stereocenters. The molecule has 0 saturated heterocycles. The Morgan fingerprint density at radius 1 is 1.19 bits per heavy atom. The molecule has 0 amide bonds. The monoisotopic (exact) mass is 320 g/mol. The van der Waals surface area contributed by atoms with Crippen molar-refractivity contribution in [2.75, 3.05) is 11.9 Å². The Hall–Kier alpha value is -1.78. The average Bonchev–Trinajstić information content (AvgIpc) is 2.46. The molecule has 0 aromatic heterocycles. The highest BCUT2D eigenvalue weighted by Gasteiger charge is 2.05. The normalized spacial score (nSPS) is 11.5. The molecule has 2 aromatic carbocycles. The van der Waals surface area contributed by atoms with Gasteiger partial charge in [-0.05, 0) is 49.5 Å². The maximum Gasteiger partial charge on any atom is 0.171 e. The minimum atomic E-state index is 0.0874. The molecule has 0 aliphatic rings. The fraction of sp³-hybridized carbons (Fsp3) is 0.188. The SMILES string of the molecule is CC(COc1ccccc1)NC(=S)Nc1cccc(Cl)c1. The Morgan fingerprint density at radius 3 is 2.67 bits per heavy atom. The lowest BCUT2D eigenvalue weighted by atomic mass is 10.3. The average molecular weight is 321 g/mol. The van der Waals surface area contributed by atoms with Crippen LogP contribution < -0.4 is 15.4 Å². The third kappa shape index (κ3) is 5.61. The van der Waals surface area contributed by atoms with Gasteiger partial charge in [-0.1, -0.05) is 35.9 Å². The van der Waals surface area contributed by atoms with Crippen molar-refractivity contribution in [2.45, 2.75) is 13.0 Å². The van der Waals surface area contributed by atoms with Gasteiger partial charge in [0.2, 0.25) is 0 Å². The van der Waals surface area contributed by atoms with Gasteiger partial charge in [-0.25, -0.2) is 0 Å². The first-order valence-corrected chi connectivity index (χ1v) is 7.43. The van der Waals surface area contributed by atoms with Gasteiger partial charge >= 0.3 is 0 Å². The summed E-state index contributed by atoms with van der Waals surface area (Å²) in [5.41, 5.74) is 0.858. The van der Waals surface area contributed by atoms with Crippen LogP contribution in [-0.2, 0) is 0 Å². The van der Waals surface area contributed by atoms with E-state index >= 15 is 0 Å². The van der Waals surface area contributed by atoms with E-state index in [-0.39, 0.29) is 6.04 Å². The molecule has 0 saturated carbocycles. The Labute approximate surface area is 135 Å². The van der Waals surface area contributed by atoms with Crippen molar-refractivity contribution in [3.8, 4) is 5.75 Å². The van der Waals surface area contributed by atoms with Crippen molar-refractivity contribution in [3.05, 3.63) is 59.6 Å². The van der Waals surface area contributed by atoms with Crippen molar-refractivity contribution in [2.24, 2.45) is 0 Å². The summed E-state index contributed by atoms with van der Waals surface area (Å²) >= 11 is 11.2. The lowest BCUT2D eigenvalue weighted by Crippen LogP contribution is -2.39. The molecular formula is C16H17ClN2OS. The lowest BCUT2D eigenvalue weighted by Gasteiger charge is -2.17. The minimum Gasteiger partial charge on any atom is -0.491 e. The van der Waals surface area contributed by atoms with Crippen LogP contribution in [0.1, 0.15) is 6.92 Å². The summed E-state index contributed by atoms with van der Waals surface area (Å²) in [7, 11) is 0. The molecule has 0 heterocycles. The fourth-order valence-corrected chi connectivity index (χ4v) is 2.25. The first-order valence-electron chi connectivity index (χ1n) is 6.64. The summed E-state index contributed by atoms with van der Waals surface area (Å²) in [6, 6.07) is 17.2. The number of ether oxygens (including phenoxy) is 1. The van der Waals surface area contributed by atoms with E-state index in [4.69, 9.17) is 28.6 Å². The maximum absolute atomic E-state index is 5.93. The third-order valence-corrected chi connectivity index (χ3v) is 3.16. The zero-order chi connectivity index (χ0) is 15.1. The number of para-hydroxylation sites is 1. The van der Waals surface area contributed by atoms with Crippen molar-refractivity contribution in [1.29, 1.82) is 0 Å². The van der Waals surface area contributed by atoms with Crippen molar-refractivity contribution in [1.82, 2.24) is 5.32 Å². The van der Waals surface area contributed by atoms with Crippen LogP contribution in [0.15, 0.2) is 54.6 Å². The van der Waals surface area contributed by atoms with E-state index in [9.17, 15) is 0 Å². The zero-order valence-electron chi connectivity index (χ0n) is 11.7. The zero-order valence-corrected chi connectivity index (χ0v) is 13.2. The van der Waals surface area contributed by atoms with Crippen LogP contribution in [-0.4, -0.2) is 17.8 Å². The Morgan fingerprint density at radius 2 is 1.95 bits per heavy atom. The first kappa shape index (κ1) is 15.6. The van der Waals surface area contributed by atoms with Crippen LogP contribution in [0.3, 0.4) is 0 Å². The predicted octanol–water partition coefficient (Wildman–Crippen LogP) is 4.09. The van der Waals surface area contributed by atoms with Crippen LogP contribution in [0, 0.1) is 0 Å².